The van der Waals surface area contributed by atoms with Crippen molar-refractivity contribution < 1.29 is 4.42 Å². The van der Waals surface area contributed by atoms with Gasteiger partial charge in [0.1, 0.15) is 11.2 Å². The number of hydrogen-bond donors (Lipinski definition) is 0. The summed E-state index contributed by atoms with van der Waals surface area (Å²) in [5, 5.41) is 9.70. The van der Waals surface area contributed by atoms with E-state index in [4.69, 9.17) is 4.42 Å². The molecule has 0 bridgehead atoms. The molecule has 2 heteroatoms. The zero-order valence-electron chi connectivity index (χ0n) is 20.6. The lowest BCUT2D eigenvalue weighted by atomic mass is 9.98. The van der Waals surface area contributed by atoms with Crippen molar-refractivity contribution in [2.24, 2.45) is 0 Å². The molecule has 1 aromatic heterocycles. The Morgan fingerprint density at radius 3 is 1.95 bits per heavy atom. The summed E-state index contributed by atoms with van der Waals surface area (Å²) in [7, 11) is 0. The third kappa shape index (κ3) is 3.14. The van der Waals surface area contributed by atoms with E-state index in [0.29, 0.717) is 0 Å². The van der Waals surface area contributed by atoms with E-state index in [0.717, 1.165) is 27.9 Å². The number of nitrogens with zero attached hydrogens (tertiary/aromatic N) is 1. The van der Waals surface area contributed by atoms with Crippen LogP contribution in [-0.2, 0) is 0 Å². The molecule has 0 atom stereocenters. The molecule has 178 valence electrons. The molecule has 0 aliphatic heterocycles. The smallest absolute Gasteiger partial charge is 0.136 e. The van der Waals surface area contributed by atoms with Crippen molar-refractivity contribution in [2.75, 3.05) is 4.90 Å². The number of hydrogen-bond acceptors (Lipinski definition) is 2. The van der Waals surface area contributed by atoms with Crippen molar-refractivity contribution in [3.8, 4) is 0 Å². The summed E-state index contributed by atoms with van der Waals surface area (Å²) >= 11 is 0. The highest BCUT2D eigenvalue weighted by Crippen LogP contribution is 2.43. The summed E-state index contributed by atoms with van der Waals surface area (Å²) in [5.74, 6) is 0. The quantitative estimate of drug-likeness (QED) is 0.231. The van der Waals surface area contributed by atoms with Crippen molar-refractivity contribution in [2.45, 2.75) is 0 Å². The molecule has 7 aromatic carbocycles. The van der Waals surface area contributed by atoms with Crippen LogP contribution >= 0.6 is 0 Å². The Morgan fingerprint density at radius 1 is 0.395 bits per heavy atom. The molecule has 38 heavy (non-hydrogen) atoms. The largest absolute Gasteiger partial charge is 0.456 e. The summed E-state index contributed by atoms with van der Waals surface area (Å²) in [6.45, 7) is 0. The zero-order valence-corrected chi connectivity index (χ0v) is 20.6. The maximum Gasteiger partial charge on any atom is 0.136 e. The predicted octanol–water partition coefficient (Wildman–Crippen LogP) is 10.5. The zero-order chi connectivity index (χ0) is 25.1. The molecule has 8 aromatic rings. The Hall–Kier alpha value is -5.08. The van der Waals surface area contributed by atoms with Gasteiger partial charge in [0.15, 0.2) is 0 Å². The summed E-state index contributed by atoms with van der Waals surface area (Å²) in [4.78, 5) is 2.38. The molecule has 0 radical (unpaired) electrons. The third-order valence-corrected chi connectivity index (χ3v) is 7.60. The van der Waals surface area contributed by atoms with Crippen LogP contribution in [0.15, 0.2) is 144 Å². The van der Waals surface area contributed by atoms with Gasteiger partial charge in [-0.3, -0.25) is 0 Å². The monoisotopic (exact) mass is 485 g/mol. The van der Waals surface area contributed by atoms with Gasteiger partial charge in [-0.25, -0.2) is 0 Å². The first kappa shape index (κ1) is 21.0. The molecule has 0 aliphatic rings. The summed E-state index contributed by atoms with van der Waals surface area (Å²) in [6.07, 6.45) is 0. The Labute approximate surface area is 220 Å². The van der Waals surface area contributed by atoms with Crippen LogP contribution in [0.25, 0.3) is 54.3 Å². The van der Waals surface area contributed by atoms with Gasteiger partial charge in [0.2, 0.25) is 0 Å². The van der Waals surface area contributed by atoms with Crippen molar-refractivity contribution in [1.29, 1.82) is 0 Å². The molecular formula is C36H23NO. The number of furan rings is 1. The van der Waals surface area contributed by atoms with Gasteiger partial charge in [-0.15, -0.1) is 0 Å². The molecule has 0 N–H and O–H groups in total. The summed E-state index contributed by atoms with van der Waals surface area (Å²) in [6, 6.07) is 49.7. The molecule has 1 heterocycles. The fraction of sp³-hybridized carbons (Fsp3) is 0. The van der Waals surface area contributed by atoms with Crippen LogP contribution in [0, 0.1) is 0 Å². The van der Waals surface area contributed by atoms with E-state index >= 15 is 0 Å². The normalized spacial score (nSPS) is 11.7. The fourth-order valence-corrected chi connectivity index (χ4v) is 5.90. The van der Waals surface area contributed by atoms with Crippen LogP contribution in [0.3, 0.4) is 0 Å². The lowest BCUT2D eigenvalue weighted by Gasteiger charge is -2.28. The van der Waals surface area contributed by atoms with Gasteiger partial charge < -0.3 is 9.32 Å². The Morgan fingerprint density at radius 2 is 1.08 bits per heavy atom. The van der Waals surface area contributed by atoms with Crippen molar-refractivity contribution in [1.82, 2.24) is 0 Å². The topological polar surface area (TPSA) is 16.4 Å². The SMILES string of the molecule is c1ccc(N(c2ccc3c(ccc4oc5ccccc5c43)c2)c2cc3ccccc3c3ccccc23)cc1. The van der Waals surface area contributed by atoms with E-state index in [1.54, 1.807) is 0 Å². The minimum atomic E-state index is 0.923. The van der Waals surface area contributed by atoms with Gasteiger partial charge in [-0.2, -0.15) is 0 Å². The van der Waals surface area contributed by atoms with E-state index in [2.05, 4.69) is 132 Å². The average Bonchev–Trinajstić information content (AvgIpc) is 3.37. The molecule has 0 saturated carbocycles. The number of fused-ring (bicyclic) bond motifs is 8. The van der Waals surface area contributed by atoms with Crippen molar-refractivity contribution in [3.05, 3.63) is 140 Å². The molecule has 0 aliphatic carbocycles. The molecule has 0 saturated heterocycles. The Balaban J connectivity index is 1.42. The first-order chi connectivity index (χ1) is 18.8. The average molecular weight is 486 g/mol. The fourth-order valence-electron chi connectivity index (χ4n) is 5.90. The minimum absolute atomic E-state index is 0.923. The molecule has 0 amide bonds. The van der Waals surface area contributed by atoms with Gasteiger partial charge in [0.25, 0.3) is 0 Å². The maximum atomic E-state index is 6.16. The highest BCUT2D eigenvalue weighted by molar-refractivity contribution is 6.19. The van der Waals surface area contributed by atoms with Crippen LogP contribution in [-0.4, -0.2) is 0 Å². The highest BCUT2D eigenvalue weighted by atomic mass is 16.3. The lowest BCUT2D eigenvalue weighted by molar-refractivity contribution is 0.669. The van der Waals surface area contributed by atoms with E-state index in [1.807, 2.05) is 12.1 Å². The van der Waals surface area contributed by atoms with E-state index in [1.165, 1.54) is 43.4 Å². The number of benzene rings is 7. The minimum Gasteiger partial charge on any atom is -0.456 e. The molecule has 0 spiro atoms. The molecular weight excluding hydrogens is 462 g/mol. The third-order valence-electron chi connectivity index (χ3n) is 7.60. The summed E-state index contributed by atoms with van der Waals surface area (Å²) < 4.78 is 6.16. The van der Waals surface area contributed by atoms with Gasteiger partial charge in [0.05, 0.1) is 5.69 Å². The van der Waals surface area contributed by atoms with Crippen molar-refractivity contribution >= 4 is 71.3 Å². The van der Waals surface area contributed by atoms with Crippen molar-refractivity contribution in [3.63, 3.8) is 0 Å². The maximum absolute atomic E-state index is 6.16. The molecule has 0 unspecified atom stereocenters. The van der Waals surface area contributed by atoms with E-state index < -0.39 is 0 Å². The molecule has 8 rings (SSSR count). The second-order valence-electron chi connectivity index (χ2n) is 9.78. The number of rotatable bonds is 3. The van der Waals surface area contributed by atoms with Crippen LogP contribution in [0.4, 0.5) is 17.1 Å². The number of para-hydroxylation sites is 2. The van der Waals surface area contributed by atoms with Crippen LogP contribution in [0.1, 0.15) is 0 Å². The van der Waals surface area contributed by atoms with Gasteiger partial charge >= 0.3 is 0 Å². The van der Waals surface area contributed by atoms with E-state index in [9.17, 15) is 0 Å². The second kappa shape index (κ2) is 8.22. The standard InChI is InChI=1S/C36H23NO/c1-2-11-26(12-3-1)37(33-23-24-10-4-5-13-28(24)30-14-6-7-15-31(30)33)27-19-20-29-25(22-27)18-21-35-36(29)32-16-8-9-17-34(32)38-35/h1-23H. The lowest BCUT2D eigenvalue weighted by Crippen LogP contribution is -2.10. The summed E-state index contributed by atoms with van der Waals surface area (Å²) in [5.41, 5.74) is 5.26. The van der Waals surface area contributed by atoms with Gasteiger partial charge in [0, 0.05) is 27.5 Å². The first-order valence-corrected chi connectivity index (χ1v) is 12.9. The van der Waals surface area contributed by atoms with Crippen LogP contribution in [0.5, 0.6) is 0 Å². The molecule has 0 fully saturated rings. The first-order valence-electron chi connectivity index (χ1n) is 12.9. The van der Waals surface area contributed by atoms with Crippen LogP contribution < -0.4 is 4.90 Å². The molecule has 2 nitrogen and oxygen atoms in total. The second-order valence-corrected chi connectivity index (χ2v) is 9.78. The number of anilines is 3. The van der Waals surface area contributed by atoms with E-state index in [-0.39, 0.29) is 0 Å². The highest BCUT2D eigenvalue weighted by Gasteiger charge is 2.18. The Kier molecular flexibility index (Phi) is 4.55. The van der Waals surface area contributed by atoms with Gasteiger partial charge in [-0.1, -0.05) is 97.1 Å². The van der Waals surface area contributed by atoms with Gasteiger partial charge in [-0.05, 0) is 69.4 Å². The Bertz CT molecular complexity index is 2140. The van der Waals surface area contributed by atoms with Crippen LogP contribution in [0.2, 0.25) is 0 Å². The predicted molar refractivity (Wildman–Crippen MR) is 161 cm³/mol.